The molecule has 0 aliphatic heterocycles. The Morgan fingerprint density at radius 1 is 1.40 bits per heavy atom. The molecule has 5 heteroatoms. The number of nitrogens with one attached hydrogen (secondary N) is 2. The van der Waals surface area contributed by atoms with Gasteiger partial charge in [0, 0.05) is 17.0 Å². The number of amides is 1. The normalized spacial score (nSPS) is 17.1. The predicted molar refractivity (Wildman–Crippen MR) is 82.6 cm³/mol. The van der Waals surface area contributed by atoms with Gasteiger partial charge in [-0.25, -0.2) is 4.39 Å². The molecule has 0 spiro atoms. The van der Waals surface area contributed by atoms with Crippen molar-refractivity contribution >= 4 is 23.4 Å². The number of hydrogen-bond acceptors (Lipinski definition) is 3. The zero-order valence-electron chi connectivity index (χ0n) is 11.7. The van der Waals surface area contributed by atoms with E-state index in [1.165, 1.54) is 37.8 Å². The van der Waals surface area contributed by atoms with E-state index in [1.807, 2.05) is 11.8 Å². The summed E-state index contributed by atoms with van der Waals surface area (Å²) in [4.78, 5) is 11.8. The molecule has 1 amide bonds. The van der Waals surface area contributed by atoms with E-state index in [0.717, 1.165) is 6.54 Å². The van der Waals surface area contributed by atoms with Crippen LogP contribution in [-0.2, 0) is 4.79 Å². The third kappa shape index (κ3) is 4.21. The van der Waals surface area contributed by atoms with Gasteiger partial charge in [-0.05, 0) is 37.3 Å². The Balaban J connectivity index is 1.75. The zero-order valence-corrected chi connectivity index (χ0v) is 12.6. The maximum absolute atomic E-state index is 13.0. The lowest BCUT2D eigenvalue weighted by Crippen LogP contribution is -2.39. The van der Waals surface area contributed by atoms with Crippen molar-refractivity contribution in [3.05, 3.63) is 30.1 Å². The minimum atomic E-state index is -0.344. The van der Waals surface area contributed by atoms with E-state index in [-0.39, 0.29) is 18.3 Å². The van der Waals surface area contributed by atoms with Gasteiger partial charge >= 0.3 is 0 Å². The van der Waals surface area contributed by atoms with Gasteiger partial charge in [-0.15, -0.1) is 0 Å². The Kier molecular flexibility index (Phi) is 5.43. The quantitative estimate of drug-likeness (QED) is 0.848. The molecule has 1 aliphatic carbocycles. The van der Waals surface area contributed by atoms with Crippen LogP contribution in [0.5, 0.6) is 0 Å². The van der Waals surface area contributed by atoms with E-state index in [0.29, 0.717) is 10.4 Å². The minimum absolute atomic E-state index is 0.134. The fourth-order valence-electron chi connectivity index (χ4n) is 2.65. The SMILES string of the molecule is CSC1(CNCC(=O)Nc2cccc(F)c2)CCCC1. The number of carbonyl (C=O) groups excluding carboxylic acids is 1. The van der Waals surface area contributed by atoms with E-state index in [9.17, 15) is 9.18 Å². The first-order valence-electron chi connectivity index (χ1n) is 6.95. The second kappa shape index (κ2) is 7.09. The second-order valence-corrected chi connectivity index (χ2v) is 6.53. The molecule has 1 aliphatic rings. The predicted octanol–water partition coefficient (Wildman–Crippen LogP) is 3.03. The molecule has 3 nitrogen and oxygen atoms in total. The molecule has 0 radical (unpaired) electrons. The molecule has 0 atom stereocenters. The highest BCUT2D eigenvalue weighted by molar-refractivity contribution is 8.00. The van der Waals surface area contributed by atoms with Crippen LogP contribution in [0.1, 0.15) is 25.7 Å². The van der Waals surface area contributed by atoms with E-state index in [1.54, 1.807) is 12.1 Å². The monoisotopic (exact) mass is 296 g/mol. The summed E-state index contributed by atoms with van der Waals surface area (Å²) in [6.45, 7) is 1.11. The van der Waals surface area contributed by atoms with Gasteiger partial charge in [0.25, 0.3) is 0 Å². The maximum Gasteiger partial charge on any atom is 0.238 e. The molecule has 1 aromatic carbocycles. The minimum Gasteiger partial charge on any atom is -0.325 e. The van der Waals surface area contributed by atoms with E-state index in [4.69, 9.17) is 0 Å². The van der Waals surface area contributed by atoms with Crippen LogP contribution in [0.2, 0.25) is 0 Å². The number of carbonyl (C=O) groups is 1. The average molecular weight is 296 g/mol. The van der Waals surface area contributed by atoms with Gasteiger partial charge < -0.3 is 10.6 Å². The third-order valence-electron chi connectivity index (χ3n) is 3.79. The molecule has 20 heavy (non-hydrogen) atoms. The molecule has 0 unspecified atom stereocenters. The lowest BCUT2D eigenvalue weighted by molar-refractivity contribution is -0.115. The Morgan fingerprint density at radius 2 is 2.15 bits per heavy atom. The number of thioether (sulfide) groups is 1. The lowest BCUT2D eigenvalue weighted by Gasteiger charge is -2.26. The van der Waals surface area contributed by atoms with E-state index < -0.39 is 0 Å². The molecule has 110 valence electrons. The van der Waals surface area contributed by atoms with Crippen molar-refractivity contribution in [3.8, 4) is 0 Å². The summed E-state index contributed by atoms with van der Waals surface area (Å²) in [7, 11) is 0. The first-order valence-corrected chi connectivity index (χ1v) is 8.17. The number of anilines is 1. The molecular weight excluding hydrogens is 275 g/mol. The van der Waals surface area contributed by atoms with Crippen molar-refractivity contribution < 1.29 is 9.18 Å². The first kappa shape index (κ1) is 15.3. The van der Waals surface area contributed by atoms with Crippen molar-refractivity contribution in [3.63, 3.8) is 0 Å². The Bertz CT molecular complexity index is 461. The molecule has 0 bridgehead atoms. The van der Waals surface area contributed by atoms with E-state index in [2.05, 4.69) is 16.9 Å². The fraction of sp³-hybridized carbons (Fsp3) is 0.533. The molecule has 0 heterocycles. The second-order valence-electron chi connectivity index (χ2n) is 5.26. The largest absolute Gasteiger partial charge is 0.325 e. The van der Waals surface area contributed by atoms with Gasteiger partial charge in [-0.2, -0.15) is 11.8 Å². The molecule has 2 N–H and O–H groups in total. The van der Waals surface area contributed by atoms with Gasteiger partial charge in [-0.3, -0.25) is 4.79 Å². The Labute approximate surface area is 123 Å². The molecular formula is C15H21FN2OS. The van der Waals surface area contributed by atoms with Gasteiger partial charge in [0.1, 0.15) is 5.82 Å². The summed E-state index contributed by atoms with van der Waals surface area (Å²) in [5.74, 6) is -0.479. The Morgan fingerprint density at radius 3 is 2.80 bits per heavy atom. The van der Waals surface area contributed by atoms with Crippen LogP contribution in [-0.4, -0.2) is 30.0 Å². The van der Waals surface area contributed by atoms with Gasteiger partial charge in [0.05, 0.1) is 6.54 Å². The number of benzene rings is 1. The number of rotatable bonds is 6. The highest BCUT2D eigenvalue weighted by Gasteiger charge is 2.32. The van der Waals surface area contributed by atoms with Gasteiger partial charge in [0.2, 0.25) is 5.91 Å². The van der Waals surface area contributed by atoms with Crippen LogP contribution in [0.3, 0.4) is 0 Å². The Hall–Kier alpha value is -1.07. The molecule has 2 rings (SSSR count). The summed E-state index contributed by atoms with van der Waals surface area (Å²) in [5, 5.41) is 5.92. The molecule has 0 saturated heterocycles. The van der Waals surface area contributed by atoms with Crippen molar-refractivity contribution in [2.45, 2.75) is 30.4 Å². The molecule has 1 saturated carbocycles. The number of hydrogen-bond donors (Lipinski definition) is 2. The van der Waals surface area contributed by atoms with Gasteiger partial charge in [-0.1, -0.05) is 18.9 Å². The summed E-state index contributed by atoms with van der Waals surface area (Å²) in [6, 6.07) is 5.94. The van der Waals surface area contributed by atoms with Crippen LogP contribution >= 0.6 is 11.8 Å². The summed E-state index contributed by atoms with van der Waals surface area (Å²) >= 11 is 1.89. The van der Waals surface area contributed by atoms with E-state index >= 15 is 0 Å². The van der Waals surface area contributed by atoms with Crippen LogP contribution in [0.15, 0.2) is 24.3 Å². The van der Waals surface area contributed by atoms with Crippen LogP contribution in [0.4, 0.5) is 10.1 Å². The van der Waals surface area contributed by atoms with Gasteiger partial charge in [0.15, 0.2) is 0 Å². The van der Waals surface area contributed by atoms with Crippen molar-refractivity contribution in [2.24, 2.45) is 0 Å². The van der Waals surface area contributed by atoms with Crippen LogP contribution < -0.4 is 10.6 Å². The highest BCUT2D eigenvalue weighted by atomic mass is 32.2. The average Bonchev–Trinajstić information content (AvgIpc) is 2.88. The van der Waals surface area contributed by atoms with Crippen LogP contribution in [0, 0.1) is 5.82 Å². The van der Waals surface area contributed by atoms with Crippen LogP contribution in [0.25, 0.3) is 0 Å². The summed E-state index contributed by atoms with van der Waals surface area (Å²) in [6.07, 6.45) is 7.12. The maximum atomic E-state index is 13.0. The highest BCUT2D eigenvalue weighted by Crippen LogP contribution is 2.39. The standard InChI is InChI=1S/C15H21FN2OS/c1-20-15(7-2-3-8-15)11-17-10-14(19)18-13-6-4-5-12(16)9-13/h4-6,9,17H,2-3,7-8,10-11H2,1H3,(H,18,19). The summed E-state index contributed by atoms with van der Waals surface area (Å²) < 4.78 is 13.3. The van der Waals surface area contributed by atoms with Crippen molar-refractivity contribution in [1.82, 2.24) is 5.32 Å². The van der Waals surface area contributed by atoms with Crippen molar-refractivity contribution in [1.29, 1.82) is 0 Å². The number of halogens is 1. The topological polar surface area (TPSA) is 41.1 Å². The molecule has 0 aromatic heterocycles. The zero-order chi connectivity index (χ0) is 14.4. The molecule has 1 aromatic rings. The lowest BCUT2D eigenvalue weighted by atomic mass is 10.1. The summed E-state index contributed by atoms with van der Waals surface area (Å²) in [5.41, 5.74) is 0.497. The first-order chi connectivity index (χ1) is 9.63. The third-order valence-corrected chi connectivity index (χ3v) is 5.21. The van der Waals surface area contributed by atoms with Crippen molar-refractivity contribution in [2.75, 3.05) is 24.7 Å². The molecule has 1 fully saturated rings. The smallest absolute Gasteiger partial charge is 0.238 e. The fourth-order valence-corrected chi connectivity index (χ4v) is 3.59.